The normalized spacial score (nSPS) is 18.1. The van der Waals surface area contributed by atoms with Gasteiger partial charge < -0.3 is 14.2 Å². The van der Waals surface area contributed by atoms with Gasteiger partial charge in [0.15, 0.2) is 0 Å². The van der Waals surface area contributed by atoms with Crippen LogP contribution in [0, 0.1) is 12.8 Å². The second-order valence-electron chi connectivity index (χ2n) is 10.1. The summed E-state index contributed by atoms with van der Waals surface area (Å²) in [5, 5.41) is 2.80. The molecule has 1 saturated carbocycles. The van der Waals surface area contributed by atoms with Crippen molar-refractivity contribution in [1.29, 1.82) is 0 Å². The van der Waals surface area contributed by atoms with Gasteiger partial charge in [-0.25, -0.2) is 9.78 Å². The molecule has 2 aromatic heterocycles. The summed E-state index contributed by atoms with van der Waals surface area (Å²) in [7, 11) is 3.02. The average molecular weight is 523 g/mol. The molecule has 0 spiro atoms. The highest BCUT2D eigenvalue weighted by atomic mass is 16.6. The number of esters is 1. The largest absolute Gasteiger partial charge is 0.495 e. The molecule has 38 heavy (non-hydrogen) atoms. The number of amides is 1. The quantitative estimate of drug-likeness (QED) is 0.329. The van der Waals surface area contributed by atoms with Crippen LogP contribution in [0.5, 0.6) is 5.75 Å². The number of nitrogens with one attached hydrogen (secondary N) is 1. The number of aromatic nitrogens is 3. The first-order valence-corrected chi connectivity index (χ1v) is 13.4. The maximum absolute atomic E-state index is 12.4. The Labute approximate surface area is 223 Å². The highest BCUT2D eigenvalue weighted by Gasteiger charge is 2.29. The first-order chi connectivity index (χ1) is 18.3. The van der Waals surface area contributed by atoms with Gasteiger partial charge in [0.2, 0.25) is 0 Å². The first kappa shape index (κ1) is 27.4. The lowest BCUT2D eigenvalue weighted by atomic mass is 9.80. The number of methoxy groups -OCH3 is 2. The van der Waals surface area contributed by atoms with Gasteiger partial charge in [0.25, 0.3) is 0 Å². The van der Waals surface area contributed by atoms with E-state index < -0.39 is 6.09 Å². The summed E-state index contributed by atoms with van der Waals surface area (Å²) in [6.45, 7) is 5.92. The molecule has 1 amide bonds. The molecule has 0 bridgehead atoms. The molecule has 4 rings (SSSR count). The third-order valence-corrected chi connectivity index (χ3v) is 7.38. The van der Waals surface area contributed by atoms with Crippen LogP contribution in [0.1, 0.15) is 76.2 Å². The molecule has 0 unspecified atom stereocenters. The molecule has 1 N–H and O–H groups in total. The Hall–Kier alpha value is -3.62. The van der Waals surface area contributed by atoms with E-state index in [1.807, 2.05) is 38.2 Å². The van der Waals surface area contributed by atoms with E-state index in [0.29, 0.717) is 23.8 Å². The van der Waals surface area contributed by atoms with Gasteiger partial charge in [-0.3, -0.25) is 19.5 Å². The number of rotatable bonds is 9. The van der Waals surface area contributed by atoms with Crippen LogP contribution in [-0.4, -0.2) is 46.8 Å². The highest BCUT2D eigenvalue weighted by Crippen LogP contribution is 2.40. The Morgan fingerprint density at radius 2 is 1.95 bits per heavy atom. The number of aryl methyl sites for hydroxylation is 1. The fraction of sp³-hybridized carbons (Fsp3) is 0.517. The molecular weight excluding hydrogens is 484 g/mol. The summed E-state index contributed by atoms with van der Waals surface area (Å²) in [6, 6.07) is 5.63. The first-order valence-electron chi connectivity index (χ1n) is 13.4. The van der Waals surface area contributed by atoms with Crippen LogP contribution < -0.4 is 10.1 Å². The number of nitrogens with zero attached hydrogens (tertiary/aromatic N) is 3. The maximum atomic E-state index is 12.4. The number of imidazole rings is 1. The van der Waals surface area contributed by atoms with Crippen molar-refractivity contribution in [2.75, 3.05) is 19.5 Å². The van der Waals surface area contributed by atoms with E-state index in [2.05, 4.69) is 21.6 Å². The molecule has 1 atom stereocenters. The fourth-order valence-corrected chi connectivity index (χ4v) is 5.38. The summed E-state index contributed by atoms with van der Waals surface area (Å²) < 4.78 is 18.1. The zero-order valence-electron chi connectivity index (χ0n) is 23.0. The lowest BCUT2D eigenvalue weighted by molar-refractivity contribution is -0.142. The number of benzene rings is 1. The van der Waals surface area contributed by atoms with E-state index in [0.717, 1.165) is 66.8 Å². The average Bonchev–Trinajstić information content (AvgIpc) is 3.30. The molecule has 0 aliphatic heterocycles. The predicted molar refractivity (Wildman–Crippen MR) is 146 cm³/mol. The van der Waals surface area contributed by atoms with Gasteiger partial charge in [0.1, 0.15) is 17.7 Å². The molecule has 9 heteroatoms. The van der Waals surface area contributed by atoms with Crippen LogP contribution in [0.15, 0.2) is 30.6 Å². The number of ether oxygens (including phenoxy) is 3. The van der Waals surface area contributed by atoms with Crippen molar-refractivity contribution < 1.29 is 23.8 Å². The van der Waals surface area contributed by atoms with Gasteiger partial charge in [0.05, 0.1) is 36.8 Å². The van der Waals surface area contributed by atoms with Crippen LogP contribution in [0.3, 0.4) is 0 Å². The summed E-state index contributed by atoms with van der Waals surface area (Å²) in [5.74, 6) is 2.03. The van der Waals surface area contributed by atoms with Gasteiger partial charge in [-0.2, -0.15) is 0 Å². The van der Waals surface area contributed by atoms with Crippen LogP contribution in [0.2, 0.25) is 0 Å². The Morgan fingerprint density at radius 3 is 2.63 bits per heavy atom. The van der Waals surface area contributed by atoms with Gasteiger partial charge in [0, 0.05) is 30.3 Å². The lowest BCUT2D eigenvalue weighted by Crippen LogP contribution is -2.20. The number of hydrogen-bond donors (Lipinski definition) is 1. The van der Waals surface area contributed by atoms with Crippen molar-refractivity contribution in [1.82, 2.24) is 14.4 Å². The molecule has 0 radical (unpaired) electrons. The minimum atomic E-state index is -0.505. The molecule has 1 fully saturated rings. The van der Waals surface area contributed by atoms with Gasteiger partial charge in [-0.05, 0) is 64.0 Å². The van der Waals surface area contributed by atoms with E-state index in [9.17, 15) is 9.59 Å². The van der Waals surface area contributed by atoms with Crippen molar-refractivity contribution in [3.63, 3.8) is 0 Å². The number of carbonyl (C=O) groups excluding carboxylic acids is 2. The molecular formula is C29H38N4O5. The Bertz CT molecular complexity index is 1280. The van der Waals surface area contributed by atoms with E-state index >= 15 is 0 Å². The molecule has 0 saturated heterocycles. The third-order valence-electron chi connectivity index (χ3n) is 7.38. The summed E-state index contributed by atoms with van der Waals surface area (Å²) in [6.07, 6.45) is 9.19. The smallest absolute Gasteiger partial charge is 0.412 e. The minimum absolute atomic E-state index is 0.140. The zero-order valence-corrected chi connectivity index (χ0v) is 23.0. The molecule has 9 nitrogen and oxygen atoms in total. The van der Waals surface area contributed by atoms with Crippen LogP contribution in [-0.2, 0) is 14.3 Å². The number of anilines is 1. The Balaban J connectivity index is 1.60. The van der Waals surface area contributed by atoms with E-state index in [-0.39, 0.29) is 18.0 Å². The minimum Gasteiger partial charge on any atom is -0.495 e. The van der Waals surface area contributed by atoms with Crippen LogP contribution in [0.25, 0.3) is 16.8 Å². The zero-order chi connectivity index (χ0) is 27.2. The topological polar surface area (TPSA) is 104 Å². The SMILES string of the molecule is CCC[C@H](C)OC(=O)Nc1ccc(-c2nc([C@H]3CC[C@H](CC(=O)OC)CC3)n3ccnc(C)c23)cc1OC. The maximum Gasteiger partial charge on any atom is 0.412 e. The number of carbonyl (C=O) groups is 2. The standard InChI is InChI=1S/C29H38N4O5/c1-6-7-18(2)38-29(35)31-23-13-12-22(17-24(23)36-4)26-27-19(3)30-14-15-33(27)28(32-26)21-10-8-20(9-11-21)16-25(34)37-5/h12-15,17-18,20-21H,6-11,16H2,1-5H3,(H,31,35)/t18-,20-,21-/m0/s1. The number of fused-ring (bicyclic) bond motifs is 1. The van der Waals surface area contributed by atoms with Crippen molar-refractivity contribution in [3.05, 3.63) is 42.1 Å². The van der Waals surface area contributed by atoms with Crippen LogP contribution >= 0.6 is 0 Å². The van der Waals surface area contributed by atoms with Crippen molar-refractivity contribution in [3.8, 4) is 17.0 Å². The fourth-order valence-electron chi connectivity index (χ4n) is 5.38. The second-order valence-corrected chi connectivity index (χ2v) is 10.1. The third kappa shape index (κ3) is 6.09. The van der Waals surface area contributed by atoms with Gasteiger partial charge in [-0.1, -0.05) is 19.4 Å². The Kier molecular flexibility index (Phi) is 8.86. The molecule has 204 valence electrons. The monoisotopic (exact) mass is 522 g/mol. The van der Waals surface area contributed by atoms with Crippen molar-refractivity contribution in [2.24, 2.45) is 5.92 Å². The van der Waals surface area contributed by atoms with Crippen LogP contribution in [0.4, 0.5) is 10.5 Å². The van der Waals surface area contributed by atoms with E-state index in [1.165, 1.54) is 7.11 Å². The summed E-state index contributed by atoms with van der Waals surface area (Å²) >= 11 is 0. The van der Waals surface area contributed by atoms with Gasteiger partial charge in [-0.15, -0.1) is 0 Å². The lowest BCUT2D eigenvalue weighted by Gasteiger charge is -2.27. The predicted octanol–water partition coefficient (Wildman–Crippen LogP) is 6.29. The molecule has 1 aliphatic carbocycles. The molecule has 1 aliphatic rings. The van der Waals surface area contributed by atoms with E-state index in [4.69, 9.17) is 19.2 Å². The van der Waals surface area contributed by atoms with Crippen molar-refractivity contribution in [2.45, 2.75) is 77.7 Å². The summed E-state index contributed by atoms with van der Waals surface area (Å²) in [5.41, 5.74) is 4.07. The van der Waals surface area contributed by atoms with Gasteiger partial charge >= 0.3 is 12.1 Å². The molecule has 3 aromatic rings. The second kappa shape index (κ2) is 12.3. The number of hydrogen-bond acceptors (Lipinski definition) is 7. The van der Waals surface area contributed by atoms with E-state index in [1.54, 1.807) is 13.3 Å². The molecule has 2 heterocycles. The Morgan fingerprint density at radius 1 is 1.18 bits per heavy atom. The summed E-state index contributed by atoms with van der Waals surface area (Å²) in [4.78, 5) is 33.8. The van der Waals surface area contributed by atoms with Crippen molar-refractivity contribution >= 4 is 23.3 Å². The highest BCUT2D eigenvalue weighted by molar-refractivity contribution is 5.89. The molecule has 1 aromatic carbocycles.